The SMILES string of the molecule is CC(C)c1cccc(-c2ccc(CNC3CCCC3)s2)c1. The van der Waals surface area contributed by atoms with Crippen LogP contribution >= 0.6 is 11.3 Å². The molecule has 0 saturated heterocycles. The van der Waals surface area contributed by atoms with Crippen LogP contribution in [0.2, 0.25) is 0 Å². The largest absolute Gasteiger partial charge is 0.309 e. The Kier molecular flexibility index (Phi) is 4.77. The van der Waals surface area contributed by atoms with Crippen LogP contribution in [0.15, 0.2) is 36.4 Å². The van der Waals surface area contributed by atoms with E-state index in [-0.39, 0.29) is 0 Å². The standard InChI is InChI=1S/C19H25NS/c1-14(2)15-6-5-7-16(12-15)19-11-10-18(21-19)13-20-17-8-3-4-9-17/h5-7,10-12,14,17,20H,3-4,8-9,13H2,1-2H3. The van der Waals surface area contributed by atoms with E-state index in [0.29, 0.717) is 5.92 Å². The maximum Gasteiger partial charge on any atom is 0.0346 e. The summed E-state index contributed by atoms with van der Waals surface area (Å²) in [4.78, 5) is 2.84. The van der Waals surface area contributed by atoms with E-state index in [0.717, 1.165) is 12.6 Å². The van der Waals surface area contributed by atoms with Crippen LogP contribution in [0.1, 0.15) is 55.9 Å². The minimum atomic E-state index is 0.591. The molecule has 0 atom stereocenters. The summed E-state index contributed by atoms with van der Waals surface area (Å²) in [6.45, 7) is 5.54. The first kappa shape index (κ1) is 14.8. The van der Waals surface area contributed by atoms with E-state index in [9.17, 15) is 0 Å². The van der Waals surface area contributed by atoms with Crippen LogP contribution in [0.4, 0.5) is 0 Å². The normalized spacial score (nSPS) is 16.0. The number of hydrogen-bond donors (Lipinski definition) is 1. The Balaban J connectivity index is 1.67. The van der Waals surface area contributed by atoms with E-state index >= 15 is 0 Å². The second-order valence-corrected chi connectivity index (χ2v) is 7.58. The smallest absolute Gasteiger partial charge is 0.0346 e. The minimum Gasteiger partial charge on any atom is -0.309 e. The molecule has 1 aliphatic carbocycles. The molecule has 3 rings (SSSR count). The lowest BCUT2D eigenvalue weighted by Crippen LogP contribution is -2.24. The molecule has 1 fully saturated rings. The van der Waals surface area contributed by atoms with Gasteiger partial charge in [-0.25, -0.2) is 0 Å². The fraction of sp³-hybridized carbons (Fsp3) is 0.474. The lowest BCUT2D eigenvalue weighted by Gasteiger charge is -2.10. The monoisotopic (exact) mass is 299 g/mol. The van der Waals surface area contributed by atoms with E-state index in [4.69, 9.17) is 0 Å². The highest BCUT2D eigenvalue weighted by atomic mass is 32.1. The third-order valence-electron chi connectivity index (χ3n) is 4.42. The third-order valence-corrected chi connectivity index (χ3v) is 5.55. The van der Waals surface area contributed by atoms with Gasteiger partial charge in [0, 0.05) is 22.3 Å². The van der Waals surface area contributed by atoms with Gasteiger partial charge >= 0.3 is 0 Å². The van der Waals surface area contributed by atoms with Gasteiger partial charge in [-0.2, -0.15) is 0 Å². The van der Waals surface area contributed by atoms with Crippen molar-refractivity contribution >= 4 is 11.3 Å². The molecule has 1 heterocycles. The van der Waals surface area contributed by atoms with Crippen LogP contribution in [-0.2, 0) is 6.54 Å². The van der Waals surface area contributed by atoms with Gasteiger partial charge in [0.25, 0.3) is 0 Å². The number of hydrogen-bond acceptors (Lipinski definition) is 2. The van der Waals surface area contributed by atoms with Gasteiger partial charge in [-0.15, -0.1) is 11.3 Å². The molecule has 1 aromatic carbocycles. The molecule has 0 amide bonds. The van der Waals surface area contributed by atoms with Crippen LogP contribution < -0.4 is 5.32 Å². The van der Waals surface area contributed by atoms with Gasteiger partial charge < -0.3 is 5.32 Å². The van der Waals surface area contributed by atoms with Gasteiger partial charge in [-0.3, -0.25) is 0 Å². The highest BCUT2D eigenvalue weighted by molar-refractivity contribution is 7.15. The molecule has 0 radical (unpaired) electrons. The van der Waals surface area contributed by atoms with E-state index in [1.165, 1.54) is 46.6 Å². The average Bonchev–Trinajstić information content (AvgIpc) is 3.17. The summed E-state index contributed by atoms with van der Waals surface area (Å²) in [5.41, 5.74) is 2.78. The molecule has 0 bridgehead atoms. The number of nitrogens with one attached hydrogen (secondary N) is 1. The van der Waals surface area contributed by atoms with Crippen molar-refractivity contribution in [1.29, 1.82) is 0 Å². The molecule has 0 aliphatic heterocycles. The number of benzene rings is 1. The number of thiophene rings is 1. The third kappa shape index (κ3) is 3.75. The zero-order valence-corrected chi connectivity index (χ0v) is 13.9. The Hall–Kier alpha value is -1.12. The quantitative estimate of drug-likeness (QED) is 0.761. The first-order valence-corrected chi connectivity index (χ1v) is 8.96. The van der Waals surface area contributed by atoms with Crippen LogP contribution in [0.3, 0.4) is 0 Å². The van der Waals surface area contributed by atoms with Crippen LogP contribution in [0, 0.1) is 0 Å². The maximum absolute atomic E-state index is 3.70. The van der Waals surface area contributed by atoms with Crippen LogP contribution in [-0.4, -0.2) is 6.04 Å². The summed E-state index contributed by atoms with van der Waals surface area (Å²) in [5, 5.41) is 3.70. The summed E-state index contributed by atoms with van der Waals surface area (Å²) in [7, 11) is 0. The molecule has 1 nitrogen and oxygen atoms in total. The van der Waals surface area contributed by atoms with Crippen molar-refractivity contribution in [1.82, 2.24) is 5.32 Å². The van der Waals surface area contributed by atoms with Gasteiger partial charge in [0.05, 0.1) is 0 Å². The molecular weight excluding hydrogens is 274 g/mol. The zero-order chi connectivity index (χ0) is 14.7. The van der Waals surface area contributed by atoms with Crippen LogP contribution in [0.5, 0.6) is 0 Å². The second-order valence-electron chi connectivity index (χ2n) is 6.41. The zero-order valence-electron chi connectivity index (χ0n) is 13.1. The molecule has 1 aromatic heterocycles. The van der Waals surface area contributed by atoms with Crippen molar-refractivity contribution in [3.63, 3.8) is 0 Å². The van der Waals surface area contributed by atoms with Crippen molar-refractivity contribution in [3.8, 4) is 10.4 Å². The van der Waals surface area contributed by atoms with E-state index < -0.39 is 0 Å². The van der Waals surface area contributed by atoms with Gasteiger partial charge in [0.1, 0.15) is 0 Å². The first-order chi connectivity index (χ1) is 10.2. The highest BCUT2D eigenvalue weighted by Gasteiger charge is 2.14. The summed E-state index contributed by atoms with van der Waals surface area (Å²) < 4.78 is 0. The summed E-state index contributed by atoms with van der Waals surface area (Å²) >= 11 is 1.93. The molecule has 0 spiro atoms. The lowest BCUT2D eigenvalue weighted by atomic mass is 10.0. The second kappa shape index (κ2) is 6.76. The first-order valence-electron chi connectivity index (χ1n) is 8.15. The van der Waals surface area contributed by atoms with Gasteiger partial charge in [-0.1, -0.05) is 51.0 Å². The Morgan fingerprint density at radius 1 is 1.14 bits per heavy atom. The Morgan fingerprint density at radius 2 is 1.95 bits per heavy atom. The summed E-state index contributed by atoms with van der Waals surface area (Å²) in [6.07, 6.45) is 5.51. The molecule has 21 heavy (non-hydrogen) atoms. The molecule has 1 saturated carbocycles. The summed E-state index contributed by atoms with van der Waals surface area (Å²) in [6, 6.07) is 14.3. The molecule has 2 aromatic rings. The predicted octanol–water partition coefficient (Wildman–Crippen LogP) is 5.57. The Labute approximate surface area is 132 Å². The van der Waals surface area contributed by atoms with Gasteiger partial charge in [-0.05, 0) is 42.0 Å². The highest BCUT2D eigenvalue weighted by Crippen LogP contribution is 2.30. The van der Waals surface area contributed by atoms with Crippen molar-refractivity contribution in [2.24, 2.45) is 0 Å². The maximum atomic E-state index is 3.70. The fourth-order valence-corrected chi connectivity index (χ4v) is 4.01. The minimum absolute atomic E-state index is 0.591. The fourth-order valence-electron chi connectivity index (χ4n) is 3.05. The van der Waals surface area contributed by atoms with Crippen molar-refractivity contribution < 1.29 is 0 Å². The van der Waals surface area contributed by atoms with Gasteiger partial charge in [0.15, 0.2) is 0 Å². The molecule has 1 aliphatic rings. The number of rotatable bonds is 5. The van der Waals surface area contributed by atoms with Crippen molar-refractivity contribution in [2.45, 2.75) is 58.0 Å². The Bertz CT molecular complexity index is 579. The molecular formula is C19H25NS. The molecule has 0 unspecified atom stereocenters. The van der Waals surface area contributed by atoms with Gasteiger partial charge in [0.2, 0.25) is 0 Å². The van der Waals surface area contributed by atoms with E-state index in [1.54, 1.807) is 0 Å². The molecule has 112 valence electrons. The van der Waals surface area contributed by atoms with Crippen LogP contribution in [0.25, 0.3) is 10.4 Å². The molecule has 1 N–H and O–H groups in total. The average molecular weight is 299 g/mol. The predicted molar refractivity (Wildman–Crippen MR) is 92.9 cm³/mol. The van der Waals surface area contributed by atoms with Crippen molar-refractivity contribution in [3.05, 3.63) is 46.8 Å². The molecule has 2 heteroatoms. The summed E-state index contributed by atoms with van der Waals surface area (Å²) in [5.74, 6) is 0.591. The van der Waals surface area contributed by atoms with Crippen molar-refractivity contribution in [2.75, 3.05) is 0 Å². The Morgan fingerprint density at radius 3 is 2.71 bits per heavy atom. The lowest BCUT2D eigenvalue weighted by molar-refractivity contribution is 0.527. The van der Waals surface area contributed by atoms with E-state index in [2.05, 4.69) is 55.6 Å². The topological polar surface area (TPSA) is 12.0 Å². The van der Waals surface area contributed by atoms with E-state index in [1.807, 2.05) is 11.3 Å².